The predicted octanol–water partition coefficient (Wildman–Crippen LogP) is 3.14. The first-order chi connectivity index (χ1) is 7.61. The van der Waals surface area contributed by atoms with Crippen molar-refractivity contribution in [1.82, 2.24) is 0 Å². The molecule has 16 heavy (non-hydrogen) atoms. The number of nitro groups is 1. The highest BCUT2D eigenvalue weighted by Gasteiger charge is 2.18. The van der Waals surface area contributed by atoms with Gasteiger partial charge in [0.1, 0.15) is 5.75 Å². The number of nitrogens with zero attached hydrogens (tertiary/aromatic N) is 1. The molecule has 1 unspecified atom stereocenters. The van der Waals surface area contributed by atoms with Crippen molar-refractivity contribution in [3.8, 4) is 0 Å². The Labute approximate surface area is 104 Å². The lowest BCUT2D eigenvalue weighted by Crippen LogP contribution is -2.09. The maximum atomic E-state index is 11.7. The van der Waals surface area contributed by atoms with Gasteiger partial charge in [-0.3, -0.25) is 10.1 Å². The van der Waals surface area contributed by atoms with Gasteiger partial charge in [-0.05, 0) is 24.0 Å². The lowest BCUT2D eigenvalue weighted by Gasteiger charge is -2.10. The van der Waals surface area contributed by atoms with E-state index in [1.807, 2.05) is 6.92 Å². The average molecular weight is 265 g/mol. The molecular weight excluding hydrogens is 246 g/mol. The summed E-state index contributed by atoms with van der Waals surface area (Å²) in [5, 5.41) is 10.4. The molecule has 0 saturated heterocycles. The maximum absolute atomic E-state index is 11.7. The summed E-state index contributed by atoms with van der Waals surface area (Å²) in [5.74, 6) is 1.32. The predicted molar refractivity (Wildman–Crippen MR) is 70.4 cm³/mol. The standard InChI is InChI=1S/C10H19NO3S2/c1-3-5-7-15-10(9-11(12)13)16(14)8-6-4-2/h9H,3-8H2,1-2H3. The van der Waals surface area contributed by atoms with Crippen LogP contribution >= 0.6 is 11.8 Å². The second kappa shape index (κ2) is 9.99. The van der Waals surface area contributed by atoms with E-state index in [0.717, 1.165) is 37.6 Å². The molecule has 6 heteroatoms. The van der Waals surface area contributed by atoms with E-state index < -0.39 is 16.1 Å². The van der Waals surface area contributed by atoms with E-state index in [0.29, 0.717) is 9.99 Å². The van der Waals surface area contributed by atoms with Crippen LogP contribution in [-0.4, -0.2) is 21.0 Å². The molecule has 0 N–H and O–H groups in total. The van der Waals surface area contributed by atoms with Gasteiger partial charge >= 0.3 is 0 Å². The highest BCUT2D eigenvalue weighted by Crippen LogP contribution is 2.24. The van der Waals surface area contributed by atoms with E-state index in [9.17, 15) is 14.7 Å². The Morgan fingerprint density at radius 2 is 2.00 bits per heavy atom. The summed E-state index contributed by atoms with van der Waals surface area (Å²) in [4.78, 5) is 9.89. The van der Waals surface area contributed by atoms with Crippen molar-refractivity contribution in [1.29, 1.82) is 0 Å². The van der Waals surface area contributed by atoms with Crippen molar-refractivity contribution < 1.29 is 9.48 Å². The first-order valence-corrected chi connectivity index (χ1v) is 7.78. The fourth-order valence-electron chi connectivity index (χ4n) is 0.941. The van der Waals surface area contributed by atoms with Gasteiger partial charge in [-0.1, -0.05) is 38.5 Å². The minimum absolute atomic E-state index is 0.409. The summed E-state index contributed by atoms with van der Waals surface area (Å²) >= 11 is 0.153. The fourth-order valence-corrected chi connectivity index (χ4v) is 3.72. The van der Waals surface area contributed by atoms with Crippen molar-refractivity contribution in [3.63, 3.8) is 0 Å². The highest BCUT2D eigenvalue weighted by molar-refractivity contribution is 8.18. The number of thioether (sulfide) groups is 1. The second-order valence-electron chi connectivity index (χ2n) is 3.34. The third kappa shape index (κ3) is 8.01. The van der Waals surface area contributed by atoms with Gasteiger partial charge in [-0.2, -0.15) is 0 Å². The van der Waals surface area contributed by atoms with Crippen LogP contribution < -0.4 is 0 Å². The molecule has 94 valence electrons. The van der Waals surface area contributed by atoms with Crippen LogP contribution in [0, 0.1) is 10.1 Å². The molecule has 4 nitrogen and oxygen atoms in total. The zero-order valence-electron chi connectivity index (χ0n) is 9.81. The number of rotatable bonds is 9. The molecule has 0 aliphatic heterocycles. The third-order valence-corrected chi connectivity index (χ3v) is 4.87. The molecule has 1 atom stereocenters. The van der Waals surface area contributed by atoms with E-state index in [1.54, 1.807) is 0 Å². The van der Waals surface area contributed by atoms with Gasteiger partial charge in [-0.15, -0.1) is 0 Å². The van der Waals surface area contributed by atoms with E-state index in [4.69, 9.17) is 0 Å². The topological polar surface area (TPSA) is 66.2 Å². The summed E-state index contributed by atoms with van der Waals surface area (Å²) in [7, 11) is 0. The SMILES string of the molecule is CCCCSC(=C[N+](=O)[O-])[S+]([O-])CCCC. The fraction of sp³-hybridized carbons (Fsp3) is 0.800. The van der Waals surface area contributed by atoms with Crippen LogP contribution in [0.3, 0.4) is 0 Å². The Morgan fingerprint density at radius 1 is 1.38 bits per heavy atom. The van der Waals surface area contributed by atoms with E-state index in [2.05, 4.69) is 6.92 Å². The van der Waals surface area contributed by atoms with Crippen LogP contribution in [0.2, 0.25) is 0 Å². The van der Waals surface area contributed by atoms with Crippen molar-refractivity contribution in [2.45, 2.75) is 39.5 Å². The van der Waals surface area contributed by atoms with Gasteiger partial charge in [0.25, 0.3) is 10.4 Å². The van der Waals surface area contributed by atoms with Crippen molar-refractivity contribution in [2.24, 2.45) is 0 Å². The van der Waals surface area contributed by atoms with E-state index >= 15 is 0 Å². The Morgan fingerprint density at radius 3 is 2.50 bits per heavy atom. The van der Waals surface area contributed by atoms with Crippen LogP contribution in [0.4, 0.5) is 0 Å². The number of unbranched alkanes of at least 4 members (excludes halogenated alkanes) is 2. The average Bonchev–Trinajstić information content (AvgIpc) is 2.24. The molecule has 0 amide bonds. The Hall–Kier alpha value is -0.200. The first-order valence-electron chi connectivity index (χ1n) is 5.48. The molecule has 0 aromatic rings. The Kier molecular flexibility index (Phi) is 9.86. The summed E-state index contributed by atoms with van der Waals surface area (Å²) in [6.07, 6.45) is 4.73. The summed E-state index contributed by atoms with van der Waals surface area (Å²) in [6.45, 7) is 4.07. The second-order valence-corrected chi connectivity index (χ2v) is 6.27. The number of hydrogen-bond acceptors (Lipinski definition) is 4. The zero-order chi connectivity index (χ0) is 12.4. The normalized spacial score (nSPS) is 13.8. The van der Waals surface area contributed by atoms with Gasteiger partial charge in [0.15, 0.2) is 0 Å². The van der Waals surface area contributed by atoms with Crippen molar-refractivity contribution in [2.75, 3.05) is 11.5 Å². The van der Waals surface area contributed by atoms with Crippen LogP contribution in [-0.2, 0) is 11.2 Å². The van der Waals surface area contributed by atoms with E-state index in [1.165, 1.54) is 11.8 Å². The minimum Gasteiger partial charge on any atom is -0.611 e. The van der Waals surface area contributed by atoms with Gasteiger partial charge in [-0.25, -0.2) is 0 Å². The lowest BCUT2D eigenvalue weighted by molar-refractivity contribution is -0.402. The third-order valence-electron chi connectivity index (χ3n) is 1.86. The van der Waals surface area contributed by atoms with Gasteiger partial charge in [0.05, 0.1) is 4.92 Å². The monoisotopic (exact) mass is 265 g/mol. The quantitative estimate of drug-likeness (QED) is 0.278. The molecule has 0 spiro atoms. The minimum atomic E-state index is -1.20. The van der Waals surface area contributed by atoms with Gasteiger partial charge in [0, 0.05) is 5.75 Å². The van der Waals surface area contributed by atoms with Gasteiger partial charge in [0.2, 0.25) is 0 Å². The smallest absolute Gasteiger partial charge is 0.295 e. The van der Waals surface area contributed by atoms with E-state index in [-0.39, 0.29) is 0 Å². The van der Waals surface area contributed by atoms with Crippen LogP contribution in [0.5, 0.6) is 0 Å². The van der Waals surface area contributed by atoms with Crippen LogP contribution in [0.15, 0.2) is 10.4 Å². The molecule has 0 bridgehead atoms. The lowest BCUT2D eigenvalue weighted by atomic mass is 10.4. The molecule has 0 aliphatic rings. The first kappa shape index (κ1) is 15.8. The largest absolute Gasteiger partial charge is 0.611 e. The molecular formula is C10H19NO3S2. The maximum Gasteiger partial charge on any atom is 0.295 e. The Bertz CT molecular complexity index is 234. The summed E-state index contributed by atoms with van der Waals surface area (Å²) < 4.78 is 12.2. The molecule has 0 aromatic heterocycles. The molecule has 0 aliphatic carbocycles. The van der Waals surface area contributed by atoms with Crippen LogP contribution in [0.25, 0.3) is 0 Å². The molecule has 0 heterocycles. The molecule has 0 aromatic carbocycles. The molecule has 0 radical (unpaired) electrons. The zero-order valence-corrected chi connectivity index (χ0v) is 11.4. The van der Waals surface area contributed by atoms with Gasteiger partial charge < -0.3 is 4.55 Å². The molecule has 0 fully saturated rings. The Balaban J connectivity index is 4.24. The number of hydrogen-bond donors (Lipinski definition) is 0. The van der Waals surface area contributed by atoms with Crippen molar-refractivity contribution >= 4 is 22.9 Å². The van der Waals surface area contributed by atoms with Crippen LogP contribution in [0.1, 0.15) is 39.5 Å². The molecule has 0 saturated carbocycles. The van der Waals surface area contributed by atoms with Crippen molar-refractivity contribution in [3.05, 3.63) is 20.6 Å². The summed E-state index contributed by atoms with van der Waals surface area (Å²) in [5.41, 5.74) is 0. The highest BCUT2D eigenvalue weighted by atomic mass is 32.3. The summed E-state index contributed by atoms with van der Waals surface area (Å²) in [6, 6.07) is 0. The molecule has 0 rings (SSSR count).